The highest BCUT2D eigenvalue weighted by atomic mass is 16.5. The lowest BCUT2D eigenvalue weighted by molar-refractivity contribution is 0.415. The maximum absolute atomic E-state index is 5.50. The van der Waals surface area contributed by atoms with E-state index < -0.39 is 0 Å². The highest BCUT2D eigenvalue weighted by Crippen LogP contribution is 2.31. The van der Waals surface area contributed by atoms with Gasteiger partial charge in [0.15, 0.2) is 0 Å². The number of aromatic nitrogens is 3. The van der Waals surface area contributed by atoms with Gasteiger partial charge >= 0.3 is 0 Å². The van der Waals surface area contributed by atoms with Gasteiger partial charge < -0.3 is 14.2 Å². The van der Waals surface area contributed by atoms with E-state index in [1.54, 1.807) is 13.3 Å². The molecule has 24 heavy (non-hydrogen) atoms. The van der Waals surface area contributed by atoms with E-state index in [2.05, 4.69) is 20.0 Å². The van der Waals surface area contributed by atoms with Gasteiger partial charge in [0.1, 0.15) is 11.6 Å². The zero-order valence-electron chi connectivity index (χ0n) is 13.5. The zero-order chi connectivity index (χ0) is 16.4. The molecule has 1 aliphatic rings. The van der Waals surface area contributed by atoms with Crippen molar-refractivity contribution in [3.8, 4) is 28.6 Å². The Kier molecular flexibility index (Phi) is 3.86. The molecule has 0 aliphatic carbocycles. The maximum atomic E-state index is 5.50. The first-order chi connectivity index (χ1) is 11.8. The lowest BCUT2D eigenvalue weighted by atomic mass is 10.2. The van der Waals surface area contributed by atoms with Crippen molar-refractivity contribution in [3.05, 3.63) is 42.6 Å². The predicted molar refractivity (Wildman–Crippen MR) is 91.0 cm³/mol. The molecule has 0 amide bonds. The van der Waals surface area contributed by atoms with E-state index in [4.69, 9.17) is 9.26 Å². The fraction of sp³-hybridized carbons (Fsp3) is 0.278. The minimum absolute atomic E-state index is 0.496. The molecule has 4 rings (SSSR count). The van der Waals surface area contributed by atoms with Crippen LogP contribution in [0.25, 0.3) is 22.8 Å². The number of pyridine rings is 1. The Morgan fingerprint density at radius 1 is 1.08 bits per heavy atom. The number of rotatable bonds is 4. The number of hydrogen-bond acceptors (Lipinski definition) is 6. The lowest BCUT2D eigenvalue weighted by Crippen LogP contribution is -2.19. The number of anilines is 1. The molecule has 1 aliphatic heterocycles. The van der Waals surface area contributed by atoms with E-state index >= 15 is 0 Å². The second-order valence-electron chi connectivity index (χ2n) is 5.72. The summed E-state index contributed by atoms with van der Waals surface area (Å²) in [5, 5.41) is 4.11. The molecule has 0 atom stereocenters. The predicted octanol–water partition coefficient (Wildman–Crippen LogP) is 3.41. The summed E-state index contributed by atoms with van der Waals surface area (Å²) in [5.74, 6) is 2.77. The van der Waals surface area contributed by atoms with Gasteiger partial charge in [-0.15, -0.1) is 0 Å². The van der Waals surface area contributed by atoms with Gasteiger partial charge in [-0.05, 0) is 49.2 Å². The third kappa shape index (κ3) is 2.71. The van der Waals surface area contributed by atoms with E-state index in [0.29, 0.717) is 11.7 Å². The Morgan fingerprint density at radius 2 is 1.88 bits per heavy atom. The Labute approximate surface area is 140 Å². The van der Waals surface area contributed by atoms with Gasteiger partial charge in [-0.25, -0.2) is 4.98 Å². The number of ether oxygens (including phenoxy) is 1. The molecule has 0 radical (unpaired) electrons. The van der Waals surface area contributed by atoms with Gasteiger partial charge in [0.25, 0.3) is 5.89 Å². The van der Waals surface area contributed by atoms with Crippen molar-refractivity contribution in [1.29, 1.82) is 0 Å². The van der Waals surface area contributed by atoms with Crippen molar-refractivity contribution in [2.24, 2.45) is 0 Å². The van der Waals surface area contributed by atoms with Crippen LogP contribution in [0.2, 0.25) is 0 Å². The molecular formula is C18H18N4O2. The van der Waals surface area contributed by atoms with Crippen LogP contribution in [0.15, 0.2) is 47.1 Å². The normalized spacial score (nSPS) is 14.1. The van der Waals surface area contributed by atoms with Gasteiger partial charge in [0, 0.05) is 24.8 Å². The van der Waals surface area contributed by atoms with Crippen molar-refractivity contribution in [1.82, 2.24) is 15.1 Å². The second-order valence-corrected chi connectivity index (χ2v) is 5.72. The monoisotopic (exact) mass is 322 g/mol. The van der Waals surface area contributed by atoms with Crippen molar-refractivity contribution in [2.45, 2.75) is 12.8 Å². The van der Waals surface area contributed by atoms with Gasteiger partial charge in [-0.1, -0.05) is 5.16 Å². The lowest BCUT2D eigenvalue weighted by Gasteiger charge is -2.17. The quantitative estimate of drug-likeness (QED) is 0.733. The molecule has 0 saturated carbocycles. The molecule has 0 bridgehead atoms. The minimum atomic E-state index is 0.496. The van der Waals surface area contributed by atoms with E-state index in [9.17, 15) is 0 Å². The molecule has 0 N–H and O–H groups in total. The molecular weight excluding hydrogens is 304 g/mol. The van der Waals surface area contributed by atoms with Crippen LogP contribution < -0.4 is 9.64 Å². The Morgan fingerprint density at radius 3 is 2.62 bits per heavy atom. The third-order valence-electron chi connectivity index (χ3n) is 4.20. The summed E-state index contributed by atoms with van der Waals surface area (Å²) in [5.41, 5.74) is 1.77. The summed E-state index contributed by atoms with van der Waals surface area (Å²) in [6, 6.07) is 11.5. The van der Waals surface area contributed by atoms with Crippen LogP contribution in [0, 0.1) is 0 Å². The summed E-state index contributed by atoms with van der Waals surface area (Å²) in [6.07, 6.45) is 4.19. The number of nitrogens with zero attached hydrogens (tertiary/aromatic N) is 4. The van der Waals surface area contributed by atoms with E-state index in [1.807, 2.05) is 36.4 Å². The number of hydrogen-bond donors (Lipinski definition) is 0. The molecule has 3 heterocycles. The highest BCUT2D eigenvalue weighted by Gasteiger charge is 2.21. The number of methoxy groups -OCH3 is 1. The molecule has 122 valence electrons. The van der Waals surface area contributed by atoms with Crippen molar-refractivity contribution < 1.29 is 9.26 Å². The van der Waals surface area contributed by atoms with Gasteiger partial charge in [-0.3, -0.25) is 0 Å². The SMILES string of the molecule is COc1ccc(-c2noc(-c3cccnc3N3CCCC3)n2)cc1. The first-order valence-electron chi connectivity index (χ1n) is 8.03. The molecule has 1 saturated heterocycles. The van der Waals surface area contributed by atoms with Crippen LogP contribution in [-0.4, -0.2) is 35.3 Å². The van der Waals surface area contributed by atoms with Crippen LogP contribution in [-0.2, 0) is 0 Å². The van der Waals surface area contributed by atoms with E-state index in [1.165, 1.54) is 12.8 Å². The Balaban J connectivity index is 1.67. The fourth-order valence-corrected chi connectivity index (χ4v) is 2.94. The van der Waals surface area contributed by atoms with Gasteiger partial charge in [0.05, 0.1) is 12.7 Å². The fourth-order valence-electron chi connectivity index (χ4n) is 2.94. The summed E-state index contributed by atoms with van der Waals surface area (Å²) in [4.78, 5) is 11.3. The van der Waals surface area contributed by atoms with Crippen molar-refractivity contribution in [3.63, 3.8) is 0 Å². The molecule has 1 fully saturated rings. The third-order valence-corrected chi connectivity index (χ3v) is 4.20. The summed E-state index contributed by atoms with van der Waals surface area (Å²) in [6.45, 7) is 2.03. The average molecular weight is 322 g/mol. The van der Waals surface area contributed by atoms with Crippen molar-refractivity contribution in [2.75, 3.05) is 25.1 Å². The van der Waals surface area contributed by atoms with Crippen molar-refractivity contribution >= 4 is 5.82 Å². The second kappa shape index (κ2) is 6.31. The van der Waals surface area contributed by atoms with Gasteiger partial charge in [0.2, 0.25) is 5.82 Å². The number of benzene rings is 1. The average Bonchev–Trinajstić information content (AvgIpc) is 3.34. The van der Waals surface area contributed by atoms with Crippen LogP contribution in [0.3, 0.4) is 0 Å². The molecule has 0 unspecified atom stereocenters. The smallest absolute Gasteiger partial charge is 0.261 e. The largest absolute Gasteiger partial charge is 0.497 e. The zero-order valence-corrected chi connectivity index (χ0v) is 13.5. The van der Waals surface area contributed by atoms with Crippen LogP contribution in [0.1, 0.15) is 12.8 Å². The molecule has 2 aromatic heterocycles. The molecule has 3 aromatic rings. The van der Waals surface area contributed by atoms with Crippen LogP contribution in [0.4, 0.5) is 5.82 Å². The van der Waals surface area contributed by atoms with E-state index in [0.717, 1.165) is 35.8 Å². The standard InChI is InChI=1S/C18H18N4O2/c1-23-14-8-6-13(7-9-14)16-20-18(24-21-16)15-5-4-10-19-17(15)22-11-2-3-12-22/h4-10H,2-3,11-12H2,1H3. The highest BCUT2D eigenvalue weighted by molar-refractivity contribution is 5.71. The summed E-state index contributed by atoms with van der Waals surface area (Å²) in [7, 11) is 1.64. The molecule has 1 aromatic carbocycles. The first-order valence-corrected chi connectivity index (χ1v) is 8.03. The Bertz CT molecular complexity index is 823. The van der Waals surface area contributed by atoms with Crippen LogP contribution in [0.5, 0.6) is 5.75 Å². The minimum Gasteiger partial charge on any atom is -0.497 e. The molecule has 6 nitrogen and oxygen atoms in total. The molecule has 0 spiro atoms. The van der Waals surface area contributed by atoms with E-state index in [-0.39, 0.29) is 0 Å². The van der Waals surface area contributed by atoms with Gasteiger partial charge in [-0.2, -0.15) is 4.98 Å². The topological polar surface area (TPSA) is 64.3 Å². The van der Waals surface area contributed by atoms with Crippen LogP contribution >= 0.6 is 0 Å². The molecule has 6 heteroatoms. The maximum Gasteiger partial charge on any atom is 0.261 e. The Hall–Kier alpha value is -2.89. The first kappa shape index (κ1) is 14.7. The summed E-state index contributed by atoms with van der Waals surface area (Å²) < 4.78 is 10.7. The summed E-state index contributed by atoms with van der Waals surface area (Å²) >= 11 is 0.